The largest absolute Gasteiger partial charge is 0.503 e. The van der Waals surface area contributed by atoms with E-state index >= 15 is 0 Å². The summed E-state index contributed by atoms with van der Waals surface area (Å²) in [6.45, 7) is 4.88. The van der Waals surface area contributed by atoms with Crippen LogP contribution in [0.4, 0.5) is 29.5 Å². The Balaban J connectivity index is 0.00000109. The minimum atomic E-state index is -4.52. The number of benzene rings is 2. The molecular weight excluding hydrogens is 619 g/mol. The number of aromatic nitrogens is 2. The van der Waals surface area contributed by atoms with Crippen LogP contribution in [0.15, 0.2) is 42.6 Å². The molecule has 8 nitrogen and oxygen atoms in total. The van der Waals surface area contributed by atoms with E-state index in [-0.39, 0.29) is 24.5 Å². The zero-order valence-corrected chi connectivity index (χ0v) is 27.2. The molecule has 2 aliphatic carbocycles. The standard InChI is InChI=1S/C33H40F3N5.CH2O3.ClH/c1-3-40(21-24-9-5-4-6-10-24)31-19-28-12-8-7-11-27(28)18-29(31)23-41(32-13-14-39(2)38-32)22-26-15-25(20-37)16-30(17-26)33(34,35)36;2-1(3)4;/h13-19,24H,3-12,21-23H2,1-2H3;(H2,2,3,4);1H. The topological polar surface area (TPSA) is 106 Å². The molecule has 1 saturated carbocycles. The molecule has 0 bridgehead atoms. The van der Waals surface area contributed by atoms with Crippen LogP contribution in [0.1, 0.15) is 85.3 Å². The molecule has 0 aliphatic heterocycles. The number of fused-ring (bicyclic) bond motifs is 1. The average molecular weight is 662 g/mol. The van der Waals surface area contributed by atoms with Crippen molar-refractivity contribution >= 4 is 30.1 Å². The van der Waals surface area contributed by atoms with Gasteiger partial charge in [-0.2, -0.15) is 23.5 Å². The van der Waals surface area contributed by atoms with Crippen molar-refractivity contribution in [2.24, 2.45) is 13.0 Å². The summed E-state index contributed by atoms with van der Waals surface area (Å²) in [6.07, 6.45) is 6.50. The summed E-state index contributed by atoms with van der Waals surface area (Å²) in [5.74, 6) is 1.39. The van der Waals surface area contributed by atoms with Crippen molar-refractivity contribution in [3.05, 3.63) is 76.0 Å². The maximum Gasteiger partial charge on any atom is 0.503 e. The summed E-state index contributed by atoms with van der Waals surface area (Å²) in [5, 5.41) is 28.0. The second-order valence-corrected chi connectivity index (χ2v) is 12.0. The van der Waals surface area contributed by atoms with E-state index in [0.29, 0.717) is 23.8 Å². The highest BCUT2D eigenvalue weighted by Crippen LogP contribution is 2.35. The number of hydrogen-bond acceptors (Lipinski definition) is 5. The number of hydrogen-bond donors (Lipinski definition) is 2. The van der Waals surface area contributed by atoms with Gasteiger partial charge in [0.05, 0.1) is 17.2 Å². The molecule has 1 aromatic heterocycles. The number of nitrogens with zero attached hydrogens (tertiary/aromatic N) is 5. The Kier molecular flexibility index (Phi) is 13.2. The van der Waals surface area contributed by atoms with Crippen LogP contribution in [-0.4, -0.2) is 39.2 Å². The fourth-order valence-electron chi connectivity index (χ4n) is 6.55. The minimum absolute atomic E-state index is 0. The van der Waals surface area contributed by atoms with E-state index in [1.54, 1.807) is 10.7 Å². The lowest BCUT2D eigenvalue weighted by Gasteiger charge is -2.34. The van der Waals surface area contributed by atoms with E-state index < -0.39 is 17.9 Å². The summed E-state index contributed by atoms with van der Waals surface area (Å²) >= 11 is 0. The fourth-order valence-corrected chi connectivity index (χ4v) is 6.55. The van der Waals surface area contributed by atoms with Crippen molar-refractivity contribution < 1.29 is 28.2 Å². The molecule has 2 N–H and O–H groups in total. The van der Waals surface area contributed by atoms with Crippen LogP contribution >= 0.6 is 12.4 Å². The highest BCUT2D eigenvalue weighted by molar-refractivity contribution is 5.85. The summed E-state index contributed by atoms with van der Waals surface area (Å²) < 4.78 is 42.8. The normalized spacial score (nSPS) is 14.6. The number of carbonyl (C=O) groups is 1. The van der Waals surface area contributed by atoms with Gasteiger partial charge in [0.1, 0.15) is 0 Å². The van der Waals surface area contributed by atoms with Gasteiger partial charge in [-0.15, -0.1) is 12.4 Å². The number of aryl methyl sites for hydroxylation is 3. The molecule has 0 atom stereocenters. The highest BCUT2D eigenvalue weighted by Gasteiger charge is 2.31. The van der Waals surface area contributed by atoms with Crippen LogP contribution in [0, 0.1) is 17.2 Å². The molecule has 1 heterocycles. The summed E-state index contributed by atoms with van der Waals surface area (Å²) in [5.41, 5.74) is 4.88. The third-order valence-corrected chi connectivity index (χ3v) is 8.68. The van der Waals surface area contributed by atoms with Crippen molar-refractivity contribution in [1.29, 1.82) is 5.26 Å². The van der Waals surface area contributed by atoms with E-state index in [2.05, 4.69) is 29.1 Å². The Morgan fingerprint density at radius 2 is 1.65 bits per heavy atom. The Labute approximate surface area is 274 Å². The summed E-state index contributed by atoms with van der Waals surface area (Å²) in [7, 11) is 1.84. The van der Waals surface area contributed by atoms with Crippen LogP contribution in [0.5, 0.6) is 0 Å². The van der Waals surface area contributed by atoms with Crippen LogP contribution in [0.25, 0.3) is 0 Å². The monoisotopic (exact) mass is 661 g/mol. The molecule has 1 fully saturated rings. The van der Waals surface area contributed by atoms with Gasteiger partial charge in [0.25, 0.3) is 0 Å². The second-order valence-electron chi connectivity index (χ2n) is 12.0. The molecular formula is C34H43ClF3N5O3. The van der Waals surface area contributed by atoms with Gasteiger partial charge in [0, 0.05) is 51.2 Å². The van der Waals surface area contributed by atoms with Crippen LogP contribution in [-0.2, 0) is 39.2 Å². The van der Waals surface area contributed by atoms with Gasteiger partial charge in [-0.1, -0.05) is 25.3 Å². The molecule has 46 heavy (non-hydrogen) atoms. The lowest BCUT2D eigenvalue weighted by atomic mass is 9.87. The molecule has 12 heteroatoms. The molecule has 5 rings (SSSR count). The molecule has 0 saturated heterocycles. The van der Waals surface area contributed by atoms with Crippen molar-refractivity contribution in [2.45, 2.75) is 84.0 Å². The molecule has 0 amide bonds. The predicted octanol–water partition coefficient (Wildman–Crippen LogP) is 8.45. The molecule has 2 aromatic carbocycles. The number of halogens is 4. The number of alkyl halides is 3. The van der Waals surface area contributed by atoms with Gasteiger partial charge in [-0.3, -0.25) is 4.68 Å². The van der Waals surface area contributed by atoms with Crippen molar-refractivity contribution in [2.75, 3.05) is 22.9 Å². The van der Waals surface area contributed by atoms with Gasteiger partial charge in [0.2, 0.25) is 0 Å². The van der Waals surface area contributed by atoms with Crippen LogP contribution < -0.4 is 9.80 Å². The van der Waals surface area contributed by atoms with Gasteiger partial charge in [-0.25, -0.2) is 4.79 Å². The Morgan fingerprint density at radius 1 is 1.00 bits per heavy atom. The number of nitriles is 1. The molecule has 250 valence electrons. The maximum absolute atomic E-state index is 13.7. The summed E-state index contributed by atoms with van der Waals surface area (Å²) in [6, 6.07) is 12.2. The molecule has 3 aromatic rings. The Bertz CT molecular complexity index is 1490. The number of anilines is 2. The van der Waals surface area contributed by atoms with Gasteiger partial charge < -0.3 is 20.0 Å². The van der Waals surface area contributed by atoms with Crippen LogP contribution in [0.2, 0.25) is 0 Å². The first-order valence-electron chi connectivity index (χ1n) is 15.6. The van der Waals surface area contributed by atoms with E-state index in [1.165, 1.54) is 67.3 Å². The Morgan fingerprint density at radius 3 is 2.22 bits per heavy atom. The predicted molar refractivity (Wildman–Crippen MR) is 175 cm³/mol. The first-order chi connectivity index (χ1) is 21.5. The smallest absolute Gasteiger partial charge is 0.450 e. The van der Waals surface area contributed by atoms with E-state index in [1.807, 2.05) is 30.3 Å². The first kappa shape index (κ1) is 36.6. The SMILES string of the molecule is CCN(CC1CCCCC1)c1cc2c(cc1CN(Cc1cc(C#N)cc(C(F)(F)F)c1)c1ccn(C)n1)CCCC2.Cl.O=C(O)O. The quantitative estimate of drug-likeness (QED) is 0.237. The molecule has 2 aliphatic rings. The van der Waals surface area contributed by atoms with Crippen molar-refractivity contribution in [3.63, 3.8) is 0 Å². The van der Waals surface area contributed by atoms with Gasteiger partial charge in [0.15, 0.2) is 5.82 Å². The van der Waals surface area contributed by atoms with E-state index in [9.17, 15) is 18.4 Å². The fraction of sp³-hybridized carbons (Fsp3) is 0.500. The summed E-state index contributed by atoms with van der Waals surface area (Å²) in [4.78, 5) is 13.1. The zero-order chi connectivity index (χ0) is 32.6. The second kappa shape index (κ2) is 16.6. The average Bonchev–Trinajstić information content (AvgIpc) is 3.45. The number of carboxylic acid groups (broad SMARTS) is 2. The third kappa shape index (κ3) is 10.0. The van der Waals surface area contributed by atoms with Gasteiger partial charge >= 0.3 is 12.3 Å². The highest BCUT2D eigenvalue weighted by atomic mass is 35.5. The van der Waals surface area contributed by atoms with E-state index in [4.69, 9.17) is 15.0 Å². The lowest BCUT2D eigenvalue weighted by Crippen LogP contribution is -2.32. The van der Waals surface area contributed by atoms with Crippen molar-refractivity contribution in [3.8, 4) is 6.07 Å². The molecule has 0 spiro atoms. The molecule has 0 unspecified atom stereocenters. The molecule has 0 radical (unpaired) electrons. The zero-order valence-electron chi connectivity index (χ0n) is 26.4. The van der Waals surface area contributed by atoms with Crippen molar-refractivity contribution in [1.82, 2.24) is 9.78 Å². The van der Waals surface area contributed by atoms with Gasteiger partial charge in [-0.05, 0) is 97.9 Å². The number of rotatable bonds is 9. The Hall–Kier alpha value is -3.91. The minimum Gasteiger partial charge on any atom is -0.450 e. The first-order valence-corrected chi connectivity index (χ1v) is 15.6. The van der Waals surface area contributed by atoms with E-state index in [0.717, 1.165) is 38.1 Å². The van der Waals surface area contributed by atoms with Crippen LogP contribution in [0.3, 0.4) is 0 Å². The maximum atomic E-state index is 13.7. The third-order valence-electron chi connectivity index (χ3n) is 8.68. The lowest BCUT2D eigenvalue weighted by molar-refractivity contribution is -0.137.